The monoisotopic (exact) mass is 945 g/mol. The van der Waals surface area contributed by atoms with Gasteiger partial charge in [-0.15, -0.1) is 0 Å². The quantitative estimate of drug-likeness (QED) is 0.0613. The average Bonchev–Trinajstić information content (AvgIpc) is 3.70. The average molecular weight is 945 g/mol. The molecule has 9 atom stereocenters. The van der Waals surface area contributed by atoms with Crippen LogP contribution in [0.1, 0.15) is 80.4 Å². The van der Waals surface area contributed by atoms with E-state index in [1.54, 1.807) is 19.1 Å². The zero-order valence-electron chi connectivity index (χ0n) is 42.2. The van der Waals surface area contributed by atoms with E-state index in [2.05, 4.69) is 65.9 Å². The van der Waals surface area contributed by atoms with Crippen LogP contribution < -0.4 is 25.6 Å². The smallest absolute Gasteiger partial charge is 0.407 e. The molecule has 4 N–H and O–H groups in total. The van der Waals surface area contributed by atoms with Crippen LogP contribution in [0.3, 0.4) is 0 Å². The Bertz CT molecular complexity index is 2340. The minimum absolute atomic E-state index is 0.0231. The van der Waals surface area contributed by atoms with E-state index in [4.69, 9.17) is 14.3 Å². The van der Waals surface area contributed by atoms with Crippen molar-refractivity contribution in [2.24, 2.45) is 29.1 Å². The Hall–Kier alpha value is -5.47. The second-order valence-electron chi connectivity index (χ2n) is 20.8. The highest BCUT2D eigenvalue weighted by molar-refractivity contribution is 5.97. The van der Waals surface area contributed by atoms with Gasteiger partial charge in [0.05, 0.1) is 26.2 Å². The number of aryl methyl sites for hydroxylation is 1. The van der Waals surface area contributed by atoms with Crippen LogP contribution in [0.15, 0.2) is 97.1 Å². The first-order chi connectivity index (χ1) is 33.1. The number of carbonyl (C=O) groups is 3. The third-order valence-electron chi connectivity index (χ3n) is 15.2. The molecule has 4 aromatic rings. The van der Waals surface area contributed by atoms with Crippen molar-refractivity contribution < 1.29 is 33.8 Å². The molecular formula is C56H76N6O7. The summed E-state index contributed by atoms with van der Waals surface area (Å²) in [5, 5.41) is 22.1. The molecule has 8 rings (SSSR count). The Balaban J connectivity index is 1.13. The van der Waals surface area contributed by atoms with Crippen LogP contribution in [0, 0.1) is 29.1 Å². The fourth-order valence-corrected chi connectivity index (χ4v) is 11.3. The van der Waals surface area contributed by atoms with Gasteiger partial charge in [0.1, 0.15) is 24.0 Å². The fraction of sp³-hybridized carbons (Fsp3) is 0.518. The molecule has 3 amide bonds. The van der Waals surface area contributed by atoms with Crippen molar-refractivity contribution in [3.05, 3.63) is 119 Å². The van der Waals surface area contributed by atoms with Crippen molar-refractivity contribution in [1.82, 2.24) is 25.9 Å². The summed E-state index contributed by atoms with van der Waals surface area (Å²) < 4.78 is 12.2. The molecule has 1 aliphatic heterocycles. The summed E-state index contributed by atoms with van der Waals surface area (Å²) in [5.74, 6) is 0.762. The molecule has 2 unspecified atom stereocenters. The van der Waals surface area contributed by atoms with Crippen LogP contribution in [0.25, 0.3) is 11.1 Å². The number of ether oxygens (including phenoxy) is 2. The number of aliphatic hydroxyl groups is 1. The largest absolute Gasteiger partial charge is 0.496 e. The number of nitrogens with one attached hydrogen (secondary N) is 3. The first-order valence-corrected chi connectivity index (χ1v) is 24.9. The summed E-state index contributed by atoms with van der Waals surface area (Å²) >= 11 is 0. The van der Waals surface area contributed by atoms with Gasteiger partial charge in [-0.1, -0.05) is 99.6 Å². The maximum Gasteiger partial charge on any atom is 0.407 e. The van der Waals surface area contributed by atoms with Crippen molar-refractivity contribution in [3.8, 4) is 16.9 Å². The number of anilines is 1. The lowest BCUT2D eigenvalue weighted by molar-refractivity contribution is -0.183. The van der Waals surface area contributed by atoms with E-state index in [1.807, 2.05) is 106 Å². The summed E-state index contributed by atoms with van der Waals surface area (Å²) in [4.78, 5) is 53.0. The Morgan fingerprint density at radius 1 is 0.913 bits per heavy atom. The number of nitrogens with zero attached hydrogens (tertiary/aromatic N) is 3. The fourth-order valence-electron chi connectivity index (χ4n) is 11.3. The number of amides is 3. The molecule has 4 aromatic carbocycles. The lowest BCUT2D eigenvalue weighted by Gasteiger charge is -2.62. The third kappa shape index (κ3) is 12.3. The Morgan fingerprint density at radius 3 is 2.26 bits per heavy atom. The molecule has 13 nitrogen and oxygen atoms in total. The Labute approximate surface area is 410 Å². The molecule has 1 heterocycles. The number of unbranched alkanes of at least 4 members (excludes halogenated alkanes) is 1. The van der Waals surface area contributed by atoms with Crippen molar-refractivity contribution in [2.75, 3.05) is 59.9 Å². The molecule has 2 bridgehead atoms. The number of likely N-dealkylation sites (N-methyl/N-ethyl adjacent to an activating group) is 1. The van der Waals surface area contributed by atoms with Crippen LogP contribution in [0.5, 0.6) is 5.75 Å². The minimum Gasteiger partial charge on any atom is -0.496 e. The highest BCUT2D eigenvalue weighted by Gasteiger charge is 2.57. The molecule has 0 aromatic heterocycles. The summed E-state index contributed by atoms with van der Waals surface area (Å²) in [5.41, 5.74) is 6.25. The van der Waals surface area contributed by atoms with Gasteiger partial charge < -0.3 is 40.3 Å². The van der Waals surface area contributed by atoms with Crippen LogP contribution >= 0.6 is 0 Å². The van der Waals surface area contributed by atoms with Gasteiger partial charge in [0.2, 0.25) is 5.91 Å². The van der Waals surface area contributed by atoms with E-state index in [-0.39, 0.29) is 41.8 Å². The lowest BCUT2D eigenvalue weighted by atomic mass is 9.45. The second-order valence-corrected chi connectivity index (χ2v) is 20.8. The minimum atomic E-state index is -0.916. The Morgan fingerprint density at radius 2 is 1.62 bits per heavy atom. The van der Waals surface area contributed by atoms with Gasteiger partial charge >= 0.3 is 6.09 Å². The van der Waals surface area contributed by atoms with E-state index in [0.717, 1.165) is 53.6 Å². The molecule has 13 heteroatoms. The number of hydrogen-bond donors (Lipinski definition) is 4. The lowest BCUT2D eigenvalue weighted by Crippen LogP contribution is -2.62. The molecule has 0 radical (unpaired) electrons. The van der Waals surface area contributed by atoms with Crippen LogP contribution in [-0.4, -0.2) is 118 Å². The number of hydrogen-bond acceptors (Lipinski definition) is 10. The molecule has 4 aliphatic rings. The van der Waals surface area contributed by atoms with E-state index in [0.29, 0.717) is 42.7 Å². The SMILES string of the molecule is COc1c(CN2O[C@@H](CO)C(C(C)OC(=O)NCCCCc3ccccc3)[C@H]2C(=O)N[C@H]2C[C@H]3C[C@@H]([C@@H]2C)C3(C)C)cccc1-c1cc(C(=O)N[C@@H](Cc2ccccc2)CN(C)C)cc(N(C)C)c1. The molecular weight excluding hydrogens is 869 g/mol. The van der Waals surface area contributed by atoms with E-state index in [1.165, 1.54) is 12.0 Å². The number of para-hydroxylation sites is 1. The Kier molecular flexibility index (Phi) is 17.1. The van der Waals surface area contributed by atoms with Gasteiger partial charge in [0.25, 0.3) is 5.91 Å². The third-order valence-corrected chi connectivity index (χ3v) is 15.2. The van der Waals surface area contributed by atoms with Crippen molar-refractivity contribution >= 4 is 23.6 Å². The molecule has 4 fully saturated rings. The van der Waals surface area contributed by atoms with Gasteiger partial charge in [0, 0.05) is 61.6 Å². The predicted molar refractivity (Wildman–Crippen MR) is 272 cm³/mol. The first kappa shape index (κ1) is 51.4. The highest BCUT2D eigenvalue weighted by atomic mass is 16.7. The highest BCUT2D eigenvalue weighted by Crippen LogP contribution is 2.61. The molecule has 1 saturated heterocycles. The van der Waals surface area contributed by atoms with Gasteiger partial charge in [-0.25, -0.2) is 4.79 Å². The van der Waals surface area contributed by atoms with E-state index in [9.17, 15) is 19.5 Å². The van der Waals surface area contributed by atoms with Gasteiger partial charge in [-0.2, -0.15) is 5.06 Å². The van der Waals surface area contributed by atoms with Gasteiger partial charge in [0.15, 0.2) is 0 Å². The van der Waals surface area contributed by atoms with Gasteiger partial charge in [-0.3, -0.25) is 14.4 Å². The molecule has 372 valence electrons. The number of carbonyl (C=O) groups excluding carboxylic acids is 3. The zero-order chi connectivity index (χ0) is 49.4. The van der Waals surface area contributed by atoms with Crippen molar-refractivity contribution in [1.29, 1.82) is 0 Å². The molecule has 3 saturated carbocycles. The summed E-state index contributed by atoms with van der Waals surface area (Å²) in [7, 11) is 9.51. The second kappa shape index (κ2) is 23.0. The number of methoxy groups -OCH3 is 1. The van der Waals surface area contributed by atoms with Crippen LogP contribution in [0.4, 0.5) is 10.5 Å². The van der Waals surface area contributed by atoms with E-state index >= 15 is 0 Å². The van der Waals surface area contributed by atoms with Crippen LogP contribution in [-0.2, 0) is 33.8 Å². The number of hydroxylamine groups is 2. The number of benzene rings is 4. The van der Waals surface area contributed by atoms with Crippen molar-refractivity contribution in [2.45, 2.75) is 103 Å². The zero-order valence-corrected chi connectivity index (χ0v) is 42.2. The van der Waals surface area contributed by atoms with Crippen molar-refractivity contribution in [3.63, 3.8) is 0 Å². The predicted octanol–water partition coefficient (Wildman–Crippen LogP) is 7.75. The maximum atomic E-state index is 14.9. The summed E-state index contributed by atoms with van der Waals surface area (Å²) in [6.45, 7) is 9.53. The van der Waals surface area contributed by atoms with E-state index < -0.39 is 36.9 Å². The van der Waals surface area contributed by atoms with Crippen LogP contribution in [0.2, 0.25) is 0 Å². The molecule has 3 aliphatic carbocycles. The summed E-state index contributed by atoms with van der Waals surface area (Å²) in [6.07, 6.45) is 3.15. The number of rotatable bonds is 21. The van der Waals surface area contributed by atoms with Gasteiger partial charge in [-0.05, 0) is 118 Å². The standard InChI is InChI=1S/C56H76N6O7/c1-36-47-31-43(56(47,3)4)32-48(36)59-54(65)51-50(37(2)68-55(66)57-26-17-16-21-38-19-12-10-13-20-38)49(35-63)69-62(51)33-40-24-18-25-46(52(40)67-9)41-28-42(30-45(29-41)61(7)8)53(64)58-44(34-60(5)6)27-39-22-14-11-15-23-39/h10-15,18-20,22-25,28-30,36-37,43-44,47-51,63H,16-17,21,26-27,31-35H2,1-9H3,(H,57,66)(H,58,64)(H,59,65)/t36-,37?,43+,44-,47-,48-,49-,50?,51-/m0/s1. The number of aliphatic hydroxyl groups excluding tert-OH is 1. The maximum absolute atomic E-state index is 14.9. The topological polar surface area (TPSA) is 145 Å². The molecule has 0 spiro atoms. The normalized spacial score (nSPS) is 23.6. The first-order valence-electron chi connectivity index (χ1n) is 24.9. The summed E-state index contributed by atoms with van der Waals surface area (Å²) in [6, 6.07) is 31.0. The number of alkyl carbamates (subject to hydrolysis) is 1. The molecule has 69 heavy (non-hydrogen) atoms. The number of fused-ring (bicyclic) bond motifs is 2.